The van der Waals surface area contributed by atoms with Crippen LogP contribution in [-0.4, -0.2) is 37.0 Å². The summed E-state index contributed by atoms with van der Waals surface area (Å²) < 4.78 is 4.68. The maximum atomic E-state index is 12.1. The Bertz CT molecular complexity index is 497. The predicted molar refractivity (Wildman–Crippen MR) is 82.7 cm³/mol. The number of methoxy groups -OCH3 is 1. The van der Waals surface area contributed by atoms with Crippen molar-refractivity contribution in [1.82, 2.24) is 5.32 Å². The van der Waals surface area contributed by atoms with Crippen molar-refractivity contribution in [1.29, 1.82) is 0 Å². The maximum absolute atomic E-state index is 12.1. The van der Waals surface area contributed by atoms with E-state index in [2.05, 4.69) is 10.1 Å². The average molecular weight is 336 g/mol. The highest BCUT2D eigenvalue weighted by Gasteiger charge is 2.21. The molecule has 0 aromatic heterocycles. The second kappa shape index (κ2) is 8.39. The van der Waals surface area contributed by atoms with E-state index in [0.29, 0.717) is 17.0 Å². The van der Waals surface area contributed by atoms with E-state index in [9.17, 15) is 9.59 Å². The first-order valence-electron chi connectivity index (χ1n) is 5.82. The summed E-state index contributed by atoms with van der Waals surface area (Å²) in [5.41, 5.74) is 0.345. The van der Waals surface area contributed by atoms with Crippen LogP contribution in [0.3, 0.4) is 0 Å². The first-order chi connectivity index (χ1) is 9.49. The molecule has 0 aliphatic rings. The lowest BCUT2D eigenvalue weighted by molar-refractivity contribution is -0.142. The molecule has 0 radical (unpaired) electrons. The number of ether oxygens (including phenoxy) is 1. The number of nitrogens with one attached hydrogen (secondary N) is 1. The van der Waals surface area contributed by atoms with Crippen molar-refractivity contribution in [2.75, 3.05) is 19.1 Å². The SMILES string of the molecule is COC(=O)[C@@H](CCSC)NC(=O)c1ccc(Cl)c(Cl)c1. The quantitative estimate of drug-likeness (QED) is 0.812. The van der Waals surface area contributed by atoms with Gasteiger partial charge in [-0.25, -0.2) is 4.79 Å². The molecule has 1 N–H and O–H groups in total. The fourth-order valence-electron chi connectivity index (χ4n) is 1.51. The van der Waals surface area contributed by atoms with Crippen LogP contribution in [0.4, 0.5) is 0 Å². The molecule has 0 spiro atoms. The summed E-state index contributed by atoms with van der Waals surface area (Å²) in [5.74, 6) is -0.117. The van der Waals surface area contributed by atoms with Crippen molar-refractivity contribution >= 4 is 46.8 Å². The summed E-state index contributed by atoms with van der Waals surface area (Å²) in [7, 11) is 1.29. The summed E-state index contributed by atoms with van der Waals surface area (Å²) in [6.45, 7) is 0. The molecule has 0 saturated carbocycles. The van der Waals surface area contributed by atoms with Crippen molar-refractivity contribution in [3.8, 4) is 0 Å². The van der Waals surface area contributed by atoms with Crippen LogP contribution < -0.4 is 5.32 Å². The molecule has 1 atom stereocenters. The molecule has 1 aromatic rings. The maximum Gasteiger partial charge on any atom is 0.328 e. The lowest BCUT2D eigenvalue weighted by Crippen LogP contribution is -2.41. The Balaban J connectivity index is 2.78. The van der Waals surface area contributed by atoms with Gasteiger partial charge < -0.3 is 10.1 Å². The Hall–Kier alpha value is -0.910. The Morgan fingerprint density at radius 1 is 1.35 bits per heavy atom. The van der Waals surface area contributed by atoms with Crippen LogP contribution in [0.25, 0.3) is 0 Å². The third-order valence-electron chi connectivity index (χ3n) is 2.58. The second-order valence-electron chi connectivity index (χ2n) is 3.96. The number of thioether (sulfide) groups is 1. The number of halogens is 2. The number of amides is 1. The van der Waals surface area contributed by atoms with Crippen molar-refractivity contribution < 1.29 is 14.3 Å². The van der Waals surface area contributed by atoms with Gasteiger partial charge >= 0.3 is 5.97 Å². The van der Waals surface area contributed by atoms with E-state index in [1.54, 1.807) is 17.8 Å². The highest BCUT2D eigenvalue weighted by Crippen LogP contribution is 2.22. The smallest absolute Gasteiger partial charge is 0.328 e. The number of hydrogen-bond acceptors (Lipinski definition) is 4. The lowest BCUT2D eigenvalue weighted by Gasteiger charge is -2.16. The molecular formula is C13H15Cl2NO3S. The van der Waals surface area contributed by atoms with Gasteiger partial charge in [-0.15, -0.1) is 0 Å². The predicted octanol–water partition coefficient (Wildman–Crippen LogP) is 3.02. The van der Waals surface area contributed by atoms with E-state index in [1.165, 1.54) is 19.2 Å². The van der Waals surface area contributed by atoms with Crippen LogP contribution in [0.1, 0.15) is 16.8 Å². The van der Waals surface area contributed by atoms with Crippen LogP contribution in [0.15, 0.2) is 18.2 Å². The van der Waals surface area contributed by atoms with Gasteiger partial charge in [0.2, 0.25) is 0 Å². The fraction of sp³-hybridized carbons (Fsp3) is 0.385. The highest BCUT2D eigenvalue weighted by molar-refractivity contribution is 7.98. The Morgan fingerprint density at radius 3 is 2.60 bits per heavy atom. The lowest BCUT2D eigenvalue weighted by atomic mass is 10.1. The first-order valence-corrected chi connectivity index (χ1v) is 7.97. The van der Waals surface area contributed by atoms with Gasteiger partial charge in [-0.3, -0.25) is 4.79 Å². The average Bonchev–Trinajstić information content (AvgIpc) is 2.45. The number of carbonyl (C=O) groups excluding carboxylic acids is 2. The largest absolute Gasteiger partial charge is 0.467 e. The third kappa shape index (κ3) is 4.89. The first kappa shape index (κ1) is 17.1. The van der Waals surface area contributed by atoms with Crippen molar-refractivity contribution in [2.24, 2.45) is 0 Å². The van der Waals surface area contributed by atoms with Crippen molar-refractivity contribution in [3.63, 3.8) is 0 Å². The Morgan fingerprint density at radius 2 is 2.05 bits per heavy atom. The van der Waals surface area contributed by atoms with Gasteiger partial charge in [-0.05, 0) is 36.6 Å². The number of esters is 1. The minimum atomic E-state index is -0.672. The van der Waals surface area contributed by atoms with Crippen molar-refractivity contribution in [3.05, 3.63) is 33.8 Å². The van der Waals surface area contributed by atoms with Crippen molar-refractivity contribution in [2.45, 2.75) is 12.5 Å². The van der Waals surface area contributed by atoms with E-state index >= 15 is 0 Å². The van der Waals surface area contributed by atoms with E-state index < -0.39 is 12.0 Å². The number of hydrogen-bond donors (Lipinski definition) is 1. The summed E-state index contributed by atoms with van der Waals surface area (Å²) >= 11 is 13.2. The molecule has 1 rings (SSSR count). The summed E-state index contributed by atoms with van der Waals surface area (Å²) in [4.78, 5) is 23.7. The molecule has 0 aliphatic heterocycles. The highest BCUT2D eigenvalue weighted by atomic mass is 35.5. The summed E-state index contributed by atoms with van der Waals surface area (Å²) in [6, 6.07) is 3.87. The molecular weight excluding hydrogens is 321 g/mol. The van der Waals surface area contributed by atoms with Gasteiger partial charge in [-0.1, -0.05) is 23.2 Å². The van der Waals surface area contributed by atoms with Crippen LogP contribution in [0.5, 0.6) is 0 Å². The minimum Gasteiger partial charge on any atom is -0.467 e. The zero-order chi connectivity index (χ0) is 15.1. The Kier molecular flexibility index (Phi) is 7.19. The summed E-state index contributed by atoms with van der Waals surface area (Å²) in [6.07, 6.45) is 2.43. The molecule has 0 unspecified atom stereocenters. The molecule has 0 bridgehead atoms. The number of rotatable bonds is 6. The minimum absolute atomic E-state index is 0.290. The number of carbonyl (C=O) groups is 2. The molecule has 20 heavy (non-hydrogen) atoms. The molecule has 0 aliphatic carbocycles. The second-order valence-corrected chi connectivity index (χ2v) is 5.76. The molecule has 0 saturated heterocycles. The molecule has 110 valence electrons. The number of benzene rings is 1. The molecule has 1 aromatic carbocycles. The van der Waals surface area contributed by atoms with E-state index in [4.69, 9.17) is 23.2 Å². The molecule has 0 fully saturated rings. The fourth-order valence-corrected chi connectivity index (χ4v) is 2.28. The van der Waals surface area contributed by atoms with Crippen LogP contribution in [-0.2, 0) is 9.53 Å². The van der Waals surface area contributed by atoms with E-state index in [0.717, 1.165) is 5.75 Å². The van der Waals surface area contributed by atoms with Gasteiger partial charge in [0.05, 0.1) is 17.2 Å². The molecule has 7 heteroatoms. The van der Waals surface area contributed by atoms with Gasteiger partial charge in [0, 0.05) is 5.56 Å². The zero-order valence-electron chi connectivity index (χ0n) is 11.1. The topological polar surface area (TPSA) is 55.4 Å². The van der Waals surface area contributed by atoms with Crippen LogP contribution >= 0.6 is 35.0 Å². The molecule has 4 nitrogen and oxygen atoms in total. The standard InChI is InChI=1S/C13H15Cl2NO3S/c1-19-13(18)11(5-6-20-2)16-12(17)8-3-4-9(14)10(15)7-8/h3-4,7,11H,5-6H2,1-2H3,(H,16,17)/t11-/m1/s1. The third-order valence-corrected chi connectivity index (χ3v) is 3.97. The monoisotopic (exact) mass is 335 g/mol. The van der Waals surface area contributed by atoms with Crippen LogP contribution in [0.2, 0.25) is 10.0 Å². The molecule has 0 heterocycles. The van der Waals surface area contributed by atoms with Gasteiger partial charge in [0.15, 0.2) is 0 Å². The van der Waals surface area contributed by atoms with Gasteiger partial charge in [-0.2, -0.15) is 11.8 Å². The van der Waals surface area contributed by atoms with Gasteiger partial charge in [0.25, 0.3) is 5.91 Å². The zero-order valence-corrected chi connectivity index (χ0v) is 13.4. The van der Waals surface area contributed by atoms with Crippen LogP contribution in [0, 0.1) is 0 Å². The Labute approximate surface area is 132 Å². The van der Waals surface area contributed by atoms with E-state index in [1.807, 2.05) is 6.26 Å². The summed E-state index contributed by atoms with van der Waals surface area (Å²) in [5, 5.41) is 3.30. The molecule has 1 amide bonds. The van der Waals surface area contributed by atoms with E-state index in [-0.39, 0.29) is 10.9 Å². The van der Waals surface area contributed by atoms with Gasteiger partial charge in [0.1, 0.15) is 6.04 Å². The normalized spacial score (nSPS) is 11.8.